The van der Waals surface area contributed by atoms with Gasteiger partial charge in [0.1, 0.15) is 12.4 Å². The number of nitrogens with zero attached hydrogens (tertiary/aromatic N) is 6. The Hall–Kier alpha value is -3.84. The van der Waals surface area contributed by atoms with Gasteiger partial charge in [-0.1, -0.05) is 0 Å². The van der Waals surface area contributed by atoms with Crippen molar-refractivity contribution in [2.24, 2.45) is 0 Å². The molecule has 28 heavy (non-hydrogen) atoms. The number of ether oxygens (including phenoxy) is 2. The molecule has 2 heterocycles. The zero-order valence-corrected chi connectivity index (χ0v) is 14.8. The Morgan fingerprint density at radius 1 is 0.929 bits per heavy atom. The monoisotopic (exact) mass is 396 g/mol. The molecule has 0 aliphatic carbocycles. The van der Waals surface area contributed by atoms with Crippen LogP contribution in [0.25, 0.3) is 0 Å². The lowest BCUT2D eigenvalue weighted by atomic mass is 10.3. The molecule has 0 spiro atoms. The third-order valence-corrected chi connectivity index (χ3v) is 3.53. The number of carbonyl (C=O) groups excluding carboxylic acids is 2. The molecule has 0 aromatic carbocycles. The average molecular weight is 396 g/mol. The third-order valence-electron chi connectivity index (χ3n) is 3.53. The molecule has 0 saturated carbocycles. The molecule has 2 aromatic rings. The van der Waals surface area contributed by atoms with E-state index in [1.165, 1.54) is 23.0 Å². The summed E-state index contributed by atoms with van der Waals surface area (Å²) in [6, 6.07) is 0. The number of nitro groups is 2. The number of esters is 2. The molecule has 0 bridgehead atoms. The zero-order valence-electron chi connectivity index (χ0n) is 14.8. The van der Waals surface area contributed by atoms with Gasteiger partial charge in [-0.25, -0.2) is 0 Å². The first-order chi connectivity index (χ1) is 13.2. The van der Waals surface area contributed by atoms with Crippen LogP contribution < -0.4 is 0 Å². The second-order valence-corrected chi connectivity index (χ2v) is 5.55. The molecule has 0 aliphatic rings. The Morgan fingerprint density at radius 3 is 1.57 bits per heavy atom. The maximum absolute atomic E-state index is 11.8. The van der Waals surface area contributed by atoms with Crippen molar-refractivity contribution in [3.05, 3.63) is 45.3 Å². The van der Waals surface area contributed by atoms with Crippen molar-refractivity contribution in [1.29, 1.82) is 0 Å². The van der Waals surface area contributed by atoms with Gasteiger partial charge in [0.05, 0.1) is 12.8 Å². The van der Waals surface area contributed by atoms with Crippen LogP contribution in [0, 0.1) is 20.2 Å². The van der Waals surface area contributed by atoms with Crippen LogP contribution in [0.5, 0.6) is 0 Å². The molecule has 0 amide bonds. The zero-order chi connectivity index (χ0) is 20.8. The highest BCUT2D eigenvalue weighted by Gasteiger charge is 2.20. The Bertz CT molecular complexity index is 818. The molecule has 0 saturated heterocycles. The molecular weight excluding hydrogens is 380 g/mol. The van der Waals surface area contributed by atoms with Crippen molar-refractivity contribution in [3.8, 4) is 0 Å². The summed E-state index contributed by atoms with van der Waals surface area (Å²) in [7, 11) is 0. The summed E-state index contributed by atoms with van der Waals surface area (Å²) in [5, 5.41) is 21.2. The van der Waals surface area contributed by atoms with Gasteiger partial charge in [0, 0.05) is 0 Å². The fourth-order valence-corrected chi connectivity index (χ4v) is 2.06. The van der Waals surface area contributed by atoms with Crippen LogP contribution in [-0.2, 0) is 19.1 Å². The number of rotatable bonds is 9. The Kier molecular flexibility index (Phi) is 6.36. The minimum absolute atomic E-state index is 0.281. The van der Waals surface area contributed by atoms with Gasteiger partial charge in [0.25, 0.3) is 0 Å². The molecule has 150 valence electrons. The number of hydrogen-bond donors (Lipinski definition) is 0. The summed E-state index contributed by atoms with van der Waals surface area (Å²) in [6.07, 6.45) is 2.25. The first-order valence-corrected chi connectivity index (χ1v) is 7.92. The van der Waals surface area contributed by atoms with E-state index in [1.807, 2.05) is 0 Å². The van der Waals surface area contributed by atoms with E-state index in [2.05, 4.69) is 9.97 Å². The van der Waals surface area contributed by atoms with E-state index in [1.54, 1.807) is 0 Å². The average Bonchev–Trinajstić information content (AvgIpc) is 3.29. The largest absolute Gasteiger partial charge is 0.441 e. The molecule has 0 fully saturated rings. The number of aromatic nitrogens is 4. The normalized spacial score (nSPS) is 12.8. The number of hydrogen-bond acceptors (Lipinski definition) is 10. The van der Waals surface area contributed by atoms with Crippen LogP contribution in [0.2, 0.25) is 0 Å². The van der Waals surface area contributed by atoms with E-state index in [4.69, 9.17) is 9.47 Å². The predicted octanol–water partition coefficient (Wildman–Crippen LogP) is 1.50. The van der Waals surface area contributed by atoms with E-state index in [0.717, 1.165) is 25.0 Å². The maximum Gasteiger partial charge on any atom is 0.381 e. The minimum Gasteiger partial charge on any atom is -0.441 e. The summed E-state index contributed by atoms with van der Waals surface area (Å²) in [5.41, 5.74) is 0. The summed E-state index contributed by atoms with van der Waals surface area (Å²) < 4.78 is 12.6. The molecule has 2 aromatic heterocycles. The second-order valence-electron chi connectivity index (χ2n) is 5.55. The first-order valence-electron chi connectivity index (χ1n) is 7.92. The van der Waals surface area contributed by atoms with Crippen molar-refractivity contribution in [2.45, 2.75) is 39.1 Å². The molecule has 2 atom stereocenters. The smallest absolute Gasteiger partial charge is 0.381 e. The van der Waals surface area contributed by atoms with Gasteiger partial charge in [0.2, 0.25) is 12.7 Å². The highest BCUT2D eigenvalue weighted by atomic mass is 16.6. The van der Waals surface area contributed by atoms with Gasteiger partial charge in [0.15, 0.2) is 12.5 Å². The topological polar surface area (TPSA) is 175 Å². The van der Waals surface area contributed by atoms with Gasteiger partial charge in [-0.2, -0.15) is 0 Å². The van der Waals surface area contributed by atoms with Gasteiger partial charge < -0.3 is 29.7 Å². The Balaban J connectivity index is 1.78. The molecule has 0 N–H and O–H groups in total. The number of imidazole rings is 2. The molecule has 2 unspecified atom stereocenters. The van der Waals surface area contributed by atoms with E-state index in [0.29, 0.717) is 0 Å². The second kappa shape index (κ2) is 8.70. The molecule has 14 nitrogen and oxygen atoms in total. The highest BCUT2D eigenvalue weighted by molar-refractivity contribution is 5.77. The summed E-state index contributed by atoms with van der Waals surface area (Å²) in [5.74, 6) is -2.21. The predicted molar refractivity (Wildman–Crippen MR) is 88.6 cm³/mol. The lowest BCUT2D eigenvalue weighted by molar-refractivity contribution is -0.389. The van der Waals surface area contributed by atoms with Crippen LogP contribution in [-0.4, -0.2) is 40.9 Å². The van der Waals surface area contributed by atoms with Crippen LogP contribution in [0.4, 0.5) is 11.6 Å². The molecule has 0 radical (unpaired) electrons. The molecule has 0 aliphatic heterocycles. The first kappa shape index (κ1) is 20.5. The van der Waals surface area contributed by atoms with E-state index in [-0.39, 0.29) is 24.5 Å². The SMILES string of the molecule is CC(OC(=O)CCC(=O)OC(C)n1cnc([N+](=O)[O-])c1)n1cnc([N+](=O)[O-])c1. The Morgan fingerprint density at radius 2 is 1.29 bits per heavy atom. The van der Waals surface area contributed by atoms with E-state index >= 15 is 0 Å². The van der Waals surface area contributed by atoms with Crippen molar-refractivity contribution in [3.63, 3.8) is 0 Å². The lowest BCUT2D eigenvalue weighted by Crippen LogP contribution is -2.17. The van der Waals surface area contributed by atoms with Crippen LogP contribution in [0.15, 0.2) is 25.0 Å². The summed E-state index contributed by atoms with van der Waals surface area (Å²) in [6.45, 7) is 2.96. The van der Waals surface area contributed by atoms with Crippen molar-refractivity contribution in [1.82, 2.24) is 19.1 Å². The van der Waals surface area contributed by atoms with Gasteiger partial charge in [-0.15, -0.1) is 0 Å². The Labute approximate surface area is 157 Å². The fourth-order valence-electron chi connectivity index (χ4n) is 2.06. The molecule has 14 heteroatoms. The van der Waals surface area contributed by atoms with E-state index in [9.17, 15) is 29.8 Å². The number of carbonyl (C=O) groups is 2. The lowest BCUT2D eigenvalue weighted by Gasteiger charge is -2.14. The third kappa shape index (κ3) is 5.33. The quantitative estimate of drug-likeness (QED) is 0.343. The van der Waals surface area contributed by atoms with Gasteiger partial charge in [-0.05, 0) is 33.7 Å². The van der Waals surface area contributed by atoms with Gasteiger partial charge in [-0.3, -0.25) is 18.7 Å². The maximum atomic E-state index is 11.8. The van der Waals surface area contributed by atoms with Crippen LogP contribution in [0.1, 0.15) is 39.1 Å². The summed E-state index contributed by atoms with van der Waals surface area (Å²) >= 11 is 0. The standard InChI is InChI=1S/C14H16N6O8/c1-9(17-5-11(15-7-17)19(23)24)27-13(21)3-4-14(22)28-10(2)18-6-12(16-8-18)20(25)26/h5-10H,3-4H2,1-2H3. The molecular formula is C14H16N6O8. The van der Waals surface area contributed by atoms with Crippen LogP contribution in [0.3, 0.4) is 0 Å². The van der Waals surface area contributed by atoms with Gasteiger partial charge >= 0.3 is 23.6 Å². The minimum atomic E-state index is -0.852. The highest BCUT2D eigenvalue weighted by Crippen LogP contribution is 2.16. The van der Waals surface area contributed by atoms with Crippen molar-refractivity contribution >= 4 is 23.6 Å². The fraction of sp³-hybridized carbons (Fsp3) is 0.429. The van der Waals surface area contributed by atoms with Crippen LogP contribution >= 0.6 is 0 Å². The summed E-state index contributed by atoms with van der Waals surface area (Å²) in [4.78, 5) is 50.5. The molecule has 2 rings (SSSR count). The van der Waals surface area contributed by atoms with E-state index < -0.39 is 34.2 Å². The van der Waals surface area contributed by atoms with Crippen molar-refractivity contribution < 1.29 is 28.9 Å². The van der Waals surface area contributed by atoms with Crippen molar-refractivity contribution in [2.75, 3.05) is 0 Å².